The monoisotopic (exact) mass is 395 g/mol. The van der Waals surface area contributed by atoms with Crippen LogP contribution in [0.5, 0.6) is 5.75 Å². The maximum absolute atomic E-state index is 12.5. The zero-order valence-electron chi connectivity index (χ0n) is 16.4. The lowest BCUT2D eigenvalue weighted by molar-refractivity contribution is 0.102. The Kier molecular flexibility index (Phi) is 6.66. The first-order valence-electron chi connectivity index (χ1n) is 9.36. The first-order valence-corrected chi connectivity index (χ1v) is 10.2. The van der Waals surface area contributed by atoms with E-state index in [1.165, 1.54) is 11.3 Å². The molecule has 0 saturated heterocycles. The van der Waals surface area contributed by atoms with Gasteiger partial charge in [0.25, 0.3) is 5.91 Å². The molecular weight excluding hydrogens is 370 g/mol. The first kappa shape index (κ1) is 19.9. The molecule has 0 atom stereocenters. The van der Waals surface area contributed by atoms with E-state index in [9.17, 15) is 4.79 Å². The number of anilines is 2. The topological polar surface area (TPSA) is 54.5 Å². The molecule has 6 heteroatoms. The summed E-state index contributed by atoms with van der Waals surface area (Å²) in [4.78, 5) is 19.2. The summed E-state index contributed by atoms with van der Waals surface area (Å²) in [7, 11) is 1.65. The number of hydrogen-bond acceptors (Lipinski definition) is 5. The molecule has 1 N–H and O–H groups in total. The van der Waals surface area contributed by atoms with Crippen molar-refractivity contribution in [2.75, 3.05) is 30.4 Å². The summed E-state index contributed by atoms with van der Waals surface area (Å²) in [6.07, 6.45) is 0.695. The Balaban J connectivity index is 1.62. The Hall–Kier alpha value is -2.86. The smallest absolute Gasteiger partial charge is 0.275 e. The Labute approximate surface area is 170 Å². The fraction of sp³-hybridized carbons (Fsp3) is 0.273. The molecule has 0 saturated carbocycles. The number of nitrogens with zero attached hydrogens (tertiary/aromatic N) is 2. The van der Waals surface area contributed by atoms with Gasteiger partial charge in [-0.15, -0.1) is 11.3 Å². The van der Waals surface area contributed by atoms with Crippen molar-refractivity contribution in [1.82, 2.24) is 4.98 Å². The van der Waals surface area contributed by atoms with Crippen LogP contribution in [0.4, 0.5) is 11.4 Å². The molecule has 0 bridgehead atoms. The van der Waals surface area contributed by atoms with Crippen LogP contribution in [0.15, 0.2) is 53.9 Å². The van der Waals surface area contributed by atoms with Gasteiger partial charge in [-0.05, 0) is 55.8 Å². The molecule has 146 valence electrons. The van der Waals surface area contributed by atoms with Crippen LogP contribution in [0.1, 0.15) is 34.9 Å². The third-order valence-corrected chi connectivity index (χ3v) is 5.40. The van der Waals surface area contributed by atoms with Gasteiger partial charge in [-0.1, -0.05) is 12.1 Å². The maximum Gasteiger partial charge on any atom is 0.275 e. The summed E-state index contributed by atoms with van der Waals surface area (Å²) in [6, 6.07) is 15.8. The van der Waals surface area contributed by atoms with Gasteiger partial charge in [-0.25, -0.2) is 4.98 Å². The molecule has 0 radical (unpaired) electrons. The van der Waals surface area contributed by atoms with Crippen molar-refractivity contribution in [3.63, 3.8) is 0 Å². The number of nitrogens with one attached hydrogen (secondary N) is 1. The SMILES string of the molecule is CCN(CC)c1ccc(NC(=O)c2csc(Cc3ccc(OC)cc3)n2)cc1. The summed E-state index contributed by atoms with van der Waals surface area (Å²) >= 11 is 1.50. The van der Waals surface area contributed by atoms with Crippen molar-refractivity contribution in [3.8, 4) is 5.75 Å². The number of thiazole rings is 1. The Morgan fingerprint density at radius 1 is 1.07 bits per heavy atom. The van der Waals surface area contributed by atoms with Gasteiger partial charge in [0.2, 0.25) is 0 Å². The third-order valence-electron chi connectivity index (χ3n) is 4.55. The number of hydrogen-bond donors (Lipinski definition) is 1. The second-order valence-electron chi connectivity index (χ2n) is 6.32. The highest BCUT2D eigenvalue weighted by molar-refractivity contribution is 7.09. The molecular formula is C22H25N3O2S. The maximum atomic E-state index is 12.5. The molecule has 0 unspecified atom stereocenters. The lowest BCUT2D eigenvalue weighted by atomic mass is 10.1. The van der Waals surface area contributed by atoms with Gasteiger partial charge in [-0.3, -0.25) is 4.79 Å². The summed E-state index contributed by atoms with van der Waals surface area (Å²) in [5, 5.41) is 5.64. The molecule has 0 aliphatic heterocycles. The van der Waals surface area contributed by atoms with Crippen molar-refractivity contribution in [3.05, 3.63) is 70.2 Å². The highest BCUT2D eigenvalue weighted by Gasteiger charge is 2.12. The fourth-order valence-corrected chi connectivity index (χ4v) is 3.76. The Bertz CT molecular complexity index is 900. The second kappa shape index (κ2) is 9.37. The number of methoxy groups -OCH3 is 1. The number of carbonyl (C=O) groups excluding carboxylic acids is 1. The number of benzene rings is 2. The van der Waals surface area contributed by atoms with E-state index in [1.54, 1.807) is 12.5 Å². The number of amides is 1. The zero-order chi connectivity index (χ0) is 19.9. The van der Waals surface area contributed by atoms with Crippen LogP contribution in [0, 0.1) is 0 Å². The van der Waals surface area contributed by atoms with Crippen LogP contribution in [-0.2, 0) is 6.42 Å². The summed E-state index contributed by atoms with van der Waals surface area (Å²) in [5.41, 5.74) is 3.50. The van der Waals surface area contributed by atoms with Crippen LogP contribution < -0.4 is 15.0 Å². The molecule has 0 aliphatic carbocycles. The van der Waals surface area contributed by atoms with E-state index in [1.807, 2.05) is 48.5 Å². The predicted molar refractivity (Wildman–Crippen MR) is 116 cm³/mol. The molecule has 0 spiro atoms. The van der Waals surface area contributed by atoms with E-state index >= 15 is 0 Å². The van der Waals surface area contributed by atoms with Crippen LogP contribution in [-0.4, -0.2) is 31.1 Å². The van der Waals surface area contributed by atoms with Crippen LogP contribution in [0.25, 0.3) is 0 Å². The molecule has 1 heterocycles. The van der Waals surface area contributed by atoms with E-state index in [0.717, 1.165) is 40.8 Å². The van der Waals surface area contributed by atoms with E-state index in [-0.39, 0.29) is 5.91 Å². The molecule has 5 nitrogen and oxygen atoms in total. The summed E-state index contributed by atoms with van der Waals surface area (Å²) < 4.78 is 5.18. The van der Waals surface area contributed by atoms with E-state index in [2.05, 4.69) is 29.0 Å². The highest BCUT2D eigenvalue weighted by Crippen LogP contribution is 2.20. The number of aromatic nitrogens is 1. The van der Waals surface area contributed by atoms with Gasteiger partial charge < -0.3 is 15.0 Å². The van der Waals surface area contributed by atoms with Gasteiger partial charge in [0, 0.05) is 36.3 Å². The van der Waals surface area contributed by atoms with E-state index in [0.29, 0.717) is 12.1 Å². The largest absolute Gasteiger partial charge is 0.497 e. The average Bonchev–Trinajstić information content (AvgIpc) is 3.19. The van der Waals surface area contributed by atoms with Gasteiger partial charge in [0.05, 0.1) is 12.1 Å². The molecule has 2 aromatic carbocycles. The van der Waals surface area contributed by atoms with E-state index < -0.39 is 0 Å². The second-order valence-corrected chi connectivity index (χ2v) is 7.27. The number of ether oxygens (including phenoxy) is 1. The Morgan fingerprint density at radius 3 is 2.36 bits per heavy atom. The van der Waals surface area contributed by atoms with Gasteiger partial charge in [0.1, 0.15) is 11.4 Å². The van der Waals surface area contributed by atoms with Crippen molar-refractivity contribution in [1.29, 1.82) is 0 Å². The lowest BCUT2D eigenvalue weighted by Crippen LogP contribution is -2.21. The minimum atomic E-state index is -0.187. The predicted octanol–water partition coefficient (Wildman–Crippen LogP) is 4.84. The quantitative estimate of drug-likeness (QED) is 0.593. The fourth-order valence-electron chi connectivity index (χ4n) is 2.95. The van der Waals surface area contributed by atoms with Gasteiger partial charge in [0.15, 0.2) is 0 Å². The zero-order valence-corrected chi connectivity index (χ0v) is 17.3. The molecule has 1 aromatic heterocycles. The van der Waals surface area contributed by atoms with Crippen molar-refractivity contribution in [2.45, 2.75) is 20.3 Å². The van der Waals surface area contributed by atoms with Crippen molar-refractivity contribution in [2.24, 2.45) is 0 Å². The Morgan fingerprint density at radius 2 is 1.75 bits per heavy atom. The molecule has 3 rings (SSSR count). The lowest BCUT2D eigenvalue weighted by Gasteiger charge is -2.21. The first-order chi connectivity index (χ1) is 13.6. The highest BCUT2D eigenvalue weighted by atomic mass is 32.1. The van der Waals surface area contributed by atoms with Crippen LogP contribution in [0.3, 0.4) is 0 Å². The van der Waals surface area contributed by atoms with Gasteiger partial charge >= 0.3 is 0 Å². The van der Waals surface area contributed by atoms with Gasteiger partial charge in [-0.2, -0.15) is 0 Å². The van der Waals surface area contributed by atoms with Crippen LogP contribution in [0.2, 0.25) is 0 Å². The molecule has 1 amide bonds. The van der Waals surface area contributed by atoms with E-state index in [4.69, 9.17) is 4.74 Å². The summed E-state index contributed by atoms with van der Waals surface area (Å²) in [5.74, 6) is 0.641. The average molecular weight is 396 g/mol. The number of rotatable bonds is 8. The van der Waals surface area contributed by atoms with Crippen molar-refractivity contribution >= 4 is 28.6 Å². The van der Waals surface area contributed by atoms with Crippen LogP contribution >= 0.6 is 11.3 Å². The standard InChI is InChI=1S/C22H25N3O2S/c1-4-25(5-2)18-10-8-17(9-11-18)23-22(26)20-15-28-21(24-20)14-16-6-12-19(27-3)13-7-16/h6-13,15H,4-5,14H2,1-3H3,(H,23,26). The van der Waals surface area contributed by atoms with Crippen molar-refractivity contribution < 1.29 is 9.53 Å². The minimum absolute atomic E-state index is 0.187. The molecule has 28 heavy (non-hydrogen) atoms. The molecule has 0 fully saturated rings. The molecule has 3 aromatic rings. The third kappa shape index (κ3) is 4.89. The molecule has 0 aliphatic rings. The number of carbonyl (C=O) groups is 1. The minimum Gasteiger partial charge on any atom is -0.497 e. The summed E-state index contributed by atoms with van der Waals surface area (Å²) in [6.45, 7) is 6.17. The normalized spacial score (nSPS) is 10.5.